The summed E-state index contributed by atoms with van der Waals surface area (Å²) in [4.78, 5) is 16.5. The van der Waals surface area contributed by atoms with E-state index in [1.807, 2.05) is 50.2 Å². The number of hydrogen-bond acceptors (Lipinski definition) is 4. The van der Waals surface area contributed by atoms with E-state index in [0.717, 1.165) is 20.9 Å². The van der Waals surface area contributed by atoms with Crippen molar-refractivity contribution >= 4 is 33.3 Å². The fraction of sp³-hybridized carbons (Fsp3) is 0.316. The average molecular weight is 391 g/mol. The number of carbonyl (C=O) groups excluding carboxylic acids is 1. The Morgan fingerprint density at radius 2 is 1.73 bits per heavy atom. The van der Waals surface area contributed by atoms with Crippen molar-refractivity contribution in [3.8, 4) is 0 Å². The summed E-state index contributed by atoms with van der Waals surface area (Å²) in [5, 5.41) is 1.24. The Bertz CT molecular complexity index is 910. The van der Waals surface area contributed by atoms with Gasteiger partial charge in [0.15, 0.2) is 0 Å². The average Bonchev–Trinajstić information content (AvgIpc) is 2.98. The van der Waals surface area contributed by atoms with Crippen LogP contribution in [-0.4, -0.2) is 49.7 Å². The van der Waals surface area contributed by atoms with E-state index >= 15 is 0 Å². The predicted octanol–water partition coefficient (Wildman–Crippen LogP) is 3.12. The summed E-state index contributed by atoms with van der Waals surface area (Å²) in [6.45, 7) is 5.37. The lowest BCUT2D eigenvalue weighted by Gasteiger charge is -2.33. The van der Waals surface area contributed by atoms with Gasteiger partial charge in [0.25, 0.3) is 5.91 Å². The van der Waals surface area contributed by atoms with E-state index in [1.54, 1.807) is 22.3 Å². The van der Waals surface area contributed by atoms with E-state index < -0.39 is 10.0 Å². The van der Waals surface area contributed by atoms with Crippen molar-refractivity contribution in [2.45, 2.75) is 13.8 Å². The van der Waals surface area contributed by atoms with Gasteiger partial charge in [0, 0.05) is 41.3 Å². The SMILES string of the molecule is Cc1cc(C(=O)N2CCN(S(=O)(=O)/C=C/c3ccccc3)CC2)c(C)s1. The molecule has 0 N–H and O–H groups in total. The van der Waals surface area contributed by atoms with Crippen molar-refractivity contribution in [3.05, 3.63) is 62.7 Å². The molecule has 1 aromatic carbocycles. The summed E-state index contributed by atoms with van der Waals surface area (Å²) < 4.78 is 26.4. The van der Waals surface area contributed by atoms with Crippen LogP contribution in [0.4, 0.5) is 0 Å². The van der Waals surface area contributed by atoms with Crippen molar-refractivity contribution in [3.63, 3.8) is 0 Å². The van der Waals surface area contributed by atoms with Gasteiger partial charge in [0.1, 0.15) is 0 Å². The number of nitrogens with zero attached hydrogens (tertiary/aromatic N) is 2. The van der Waals surface area contributed by atoms with Crippen LogP contribution in [0.3, 0.4) is 0 Å². The number of rotatable bonds is 4. The maximum absolute atomic E-state index is 12.7. The van der Waals surface area contributed by atoms with Crippen molar-refractivity contribution < 1.29 is 13.2 Å². The van der Waals surface area contributed by atoms with Crippen molar-refractivity contribution in [2.24, 2.45) is 0 Å². The molecule has 1 aliphatic heterocycles. The molecule has 0 radical (unpaired) electrons. The third-order valence-electron chi connectivity index (χ3n) is 4.39. The molecule has 138 valence electrons. The van der Waals surface area contributed by atoms with E-state index in [2.05, 4.69) is 0 Å². The number of carbonyl (C=O) groups is 1. The first-order valence-electron chi connectivity index (χ1n) is 8.46. The van der Waals surface area contributed by atoms with Crippen LogP contribution in [-0.2, 0) is 10.0 Å². The summed E-state index contributed by atoms with van der Waals surface area (Å²) in [5.41, 5.74) is 1.57. The molecule has 0 atom stereocenters. The lowest BCUT2D eigenvalue weighted by atomic mass is 10.2. The van der Waals surface area contributed by atoms with Gasteiger partial charge in [-0.25, -0.2) is 8.42 Å². The summed E-state index contributed by atoms with van der Waals surface area (Å²) in [6.07, 6.45) is 1.60. The Balaban J connectivity index is 1.63. The van der Waals surface area contributed by atoms with Crippen molar-refractivity contribution in [1.29, 1.82) is 0 Å². The van der Waals surface area contributed by atoms with E-state index in [-0.39, 0.29) is 5.91 Å². The van der Waals surface area contributed by atoms with Crippen LogP contribution in [0.2, 0.25) is 0 Å². The molecule has 0 spiro atoms. The standard InChI is InChI=1S/C19H22N2O3S2/c1-15-14-18(16(2)25-15)19(22)20-9-11-21(12-10-20)26(23,24)13-8-17-6-4-3-5-7-17/h3-8,13-14H,9-12H2,1-2H3/b13-8+. The lowest BCUT2D eigenvalue weighted by Crippen LogP contribution is -2.50. The second-order valence-electron chi connectivity index (χ2n) is 6.28. The summed E-state index contributed by atoms with van der Waals surface area (Å²) in [7, 11) is -3.48. The Morgan fingerprint density at radius 1 is 1.08 bits per heavy atom. The van der Waals surface area contributed by atoms with Gasteiger partial charge in [0.05, 0.1) is 5.56 Å². The number of aryl methyl sites for hydroxylation is 2. The minimum atomic E-state index is -3.48. The molecule has 1 aromatic heterocycles. The van der Waals surface area contributed by atoms with E-state index in [0.29, 0.717) is 26.2 Å². The zero-order chi connectivity index (χ0) is 18.7. The van der Waals surface area contributed by atoms with Gasteiger partial charge < -0.3 is 4.90 Å². The van der Waals surface area contributed by atoms with Crippen LogP contribution in [0.5, 0.6) is 0 Å². The summed E-state index contributed by atoms with van der Waals surface area (Å²) in [5.74, 6) is -0.0104. The van der Waals surface area contributed by atoms with Crippen LogP contribution in [0.1, 0.15) is 25.7 Å². The molecule has 5 nitrogen and oxygen atoms in total. The number of sulfonamides is 1. The number of piperazine rings is 1. The van der Waals surface area contributed by atoms with Gasteiger partial charge >= 0.3 is 0 Å². The molecule has 0 unspecified atom stereocenters. The van der Waals surface area contributed by atoms with Gasteiger partial charge in [-0.2, -0.15) is 4.31 Å². The largest absolute Gasteiger partial charge is 0.336 e. The second-order valence-corrected chi connectivity index (χ2v) is 9.56. The first-order chi connectivity index (χ1) is 12.4. The highest BCUT2D eigenvalue weighted by molar-refractivity contribution is 7.92. The second kappa shape index (κ2) is 7.73. The zero-order valence-electron chi connectivity index (χ0n) is 14.9. The molecule has 1 aliphatic rings. The first kappa shape index (κ1) is 18.8. The molecule has 0 aliphatic carbocycles. The third-order valence-corrected chi connectivity index (χ3v) is 6.92. The zero-order valence-corrected chi connectivity index (χ0v) is 16.5. The third kappa shape index (κ3) is 4.23. The normalized spacial score (nSPS) is 16.3. The smallest absolute Gasteiger partial charge is 0.255 e. The van der Waals surface area contributed by atoms with Crippen molar-refractivity contribution in [2.75, 3.05) is 26.2 Å². The van der Waals surface area contributed by atoms with E-state index in [4.69, 9.17) is 0 Å². The Hall–Kier alpha value is -1.96. The molecule has 2 aromatic rings. The van der Waals surface area contributed by atoms with Crippen molar-refractivity contribution in [1.82, 2.24) is 9.21 Å². The molecule has 2 heterocycles. The summed E-state index contributed by atoms with van der Waals surface area (Å²) in [6, 6.07) is 11.2. The van der Waals surface area contributed by atoms with Gasteiger partial charge in [-0.1, -0.05) is 30.3 Å². The molecule has 1 amide bonds. The number of thiophene rings is 1. The highest BCUT2D eigenvalue weighted by Gasteiger charge is 2.28. The topological polar surface area (TPSA) is 57.7 Å². The number of hydrogen-bond donors (Lipinski definition) is 0. The first-order valence-corrected chi connectivity index (χ1v) is 10.8. The van der Waals surface area contributed by atoms with Gasteiger partial charge in [-0.15, -0.1) is 11.3 Å². The fourth-order valence-corrected chi connectivity index (χ4v) is 5.06. The highest BCUT2D eigenvalue weighted by atomic mass is 32.2. The Morgan fingerprint density at radius 3 is 2.31 bits per heavy atom. The molecule has 1 fully saturated rings. The molecule has 3 rings (SSSR count). The van der Waals surface area contributed by atoms with Gasteiger partial charge in [-0.3, -0.25) is 4.79 Å². The van der Waals surface area contributed by atoms with Crippen LogP contribution in [0, 0.1) is 13.8 Å². The maximum atomic E-state index is 12.7. The maximum Gasteiger partial charge on any atom is 0.255 e. The fourth-order valence-electron chi connectivity index (χ4n) is 2.97. The number of benzene rings is 1. The lowest BCUT2D eigenvalue weighted by molar-refractivity contribution is 0.0698. The molecule has 26 heavy (non-hydrogen) atoms. The Labute approximate surface area is 158 Å². The van der Waals surface area contributed by atoms with Gasteiger partial charge in [0.2, 0.25) is 10.0 Å². The molecule has 0 saturated carbocycles. The highest BCUT2D eigenvalue weighted by Crippen LogP contribution is 2.23. The molecule has 1 saturated heterocycles. The monoisotopic (exact) mass is 390 g/mol. The van der Waals surface area contributed by atoms with Gasteiger partial charge in [-0.05, 0) is 31.6 Å². The minimum Gasteiger partial charge on any atom is -0.336 e. The van der Waals surface area contributed by atoms with Crippen LogP contribution < -0.4 is 0 Å². The predicted molar refractivity (Wildman–Crippen MR) is 106 cm³/mol. The molecular formula is C19H22N2O3S2. The number of amides is 1. The van der Waals surface area contributed by atoms with E-state index in [1.165, 1.54) is 9.71 Å². The Kier molecular flexibility index (Phi) is 5.60. The molecular weight excluding hydrogens is 368 g/mol. The summed E-state index contributed by atoms with van der Waals surface area (Å²) >= 11 is 1.61. The van der Waals surface area contributed by atoms with Crippen LogP contribution in [0.25, 0.3) is 6.08 Å². The van der Waals surface area contributed by atoms with Crippen LogP contribution >= 0.6 is 11.3 Å². The quantitative estimate of drug-likeness (QED) is 0.806. The van der Waals surface area contributed by atoms with E-state index in [9.17, 15) is 13.2 Å². The molecule has 0 bridgehead atoms. The minimum absolute atomic E-state index is 0.0104. The molecule has 7 heteroatoms. The van der Waals surface area contributed by atoms with Crippen LogP contribution in [0.15, 0.2) is 41.8 Å².